The van der Waals surface area contributed by atoms with Crippen molar-refractivity contribution in [3.8, 4) is 0 Å². The number of nitrogens with zero attached hydrogens (tertiary/aromatic N) is 2. The molecule has 3 aromatic rings. The Hall–Kier alpha value is -1.59. The normalized spacial score (nSPS) is 11.0. The fourth-order valence-electron chi connectivity index (χ4n) is 1.75. The Morgan fingerprint density at radius 2 is 2.17 bits per heavy atom. The van der Waals surface area contributed by atoms with Crippen LogP contribution in [0, 0.1) is 6.92 Å². The van der Waals surface area contributed by atoms with Gasteiger partial charge in [-0.15, -0.1) is 0 Å². The van der Waals surface area contributed by atoms with E-state index in [1.807, 2.05) is 31.2 Å². The molecule has 0 saturated carbocycles. The Morgan fingerprint density at radius 3 is 2.94 bits per heavy atom. The van der Waals surface area contributed by atoms with Gasteiger partial charge < -0.3 is 9.73 Å². The second-order valence-corrected chi connectivity index (χ2v) is 4.86. The lowest BCUT2D eigenvalue weighted by atomic mass is 10.2. The van der Waals surface area contributed by atoms with Crippen molar-refractivity contribution in [3.05, 3.63) is 40.8 Å². The highest BCUT2D eigenvalue weighted by Crippen LogP contribution is 2.30. The molecule has 0 spiro atoms. The molecule has 2 heterocycles. The van der Waals surface area contributed by atoms with Crippen LogP contribution in [0.1, 0.15) is 11.5 Å². The smallest absolute Gasteiger partial charge is 0.129 e. The minimum atomic E-state index is 0.574. The molecule has 0 aliphatic heterocycles. The van der Waals surface area contributed by atoms with Crippen molar-refractivity contribution in [1.29, 1.82) is 0 Å². The largest absolute Gasteiger partial charge is 0.465 e. The molecule has 2 aromatic heterocycles. The van der Waals surface area contributed by atoms with E-state index in [0.29, 0.717) is 11.6 Å². The lowest BCUT2D eigenvalue weighted by Crippen LogP contribution is -1.99. The van der Waals surface area contributed by atoms with Gasteiger partial charge in [-0.05, 0) is 31.2 Å². The van der Waals surface area contributed by atoms with Gasteiger partial charge in [-0.25, -0.2) is 0 Å². The van der Waals surface area contributed by atoms with Crippen LogP contribution >= 0.6 is 23.3 Å². The number of anilines is 1. The maximum Gasteiger partial charge on any atom is 0.129 e. The number of aromatic nitrogens is 2. The van der Waals surface area contributed by atoms with Gasteiger partial charge >= 0.3 is 0 Å². The van der Waals surface area contributed by atoms with Gasteiger partial charge in [0.15, 0.2) is 0 Å². The Bertz CT molecular complexity index is 692. The first-order valence-corrected chi connectivity index (χ1v) is 6.55. The second kappa shape index (κ2) is 4.59. The molecule has 0 amide bonds. The second-order valence-electron chi connectivity index (χ2n) is 3.92. The molecule has 6 heteroatoms. The number of benzene rings is 1. The fourth-order valence-corrected chi connectivity index (χ4v) is 2.51. The quantitative estimate of drug-likeness (QED) is 0.791. The van der Waals surface area contributed by atoms with Crippen LogP contribution in [0.3, 0.4) is 0 Å². The van der Waals surface area contributed by atoms with Crippen molar-refractivity contribution in [1.82, 2.24) is 8.75 Å². The molecule has 1 N–H and O–H groups in total. The van der Waals surface area contributed by atoms with Crippen molar-refractivity contribution in [2.75, 3.05) is 5.32 Å². The van der Waals surface area contributed by atoms with Gasteiger partial charge in [0, 0.05) is 0 Å². The molecule has 0 aliphatic carbocycles. The van der Waals surface area contributed by atoms with E-state index in [1.54, 1.807) is 0 Å². The molecule has 0 radical (unpaired) electrons. The number of aryl methyl sites for hydroxylation is 1. The van der Waals surface area contributed by atoms with Gasteiger partial charge in [-0.2, -0.15) is 8.75 Å². The summed E-state index contributed by atoms with van der Waals surface area (Å²) in [4.78, 5) is 0. The maximum absolute atomic E-state index is 6.18. The summed E-state index contributed by atoms with van der Waals surface area (Å²) in [6.45, 7) is 2.49. The van der Waals surface area contributed by atoms with Gasteiger partial charge in [0.05, 0.1) is 29.0 Å². The molecular formula is C12H10ClN3OS. The molecule has 0 unspecified atom stereocenters. The predicted octanol–water partition coefficient (Wildman–Crippen LogP) is 3.86. The van der Waals surface area contributed by atoms with Gasteiger partial charge in [-0.1, -0.05) is 11.6 Å². The Kier molecular flexibility index (Phi) is 2.93. The number of furan rings is 1. The zero-order chi connectivity index (χ0) is 12.5. The van der Waals surface area contributed by atoms with Gasteiger partial charge in [0.2, 0.25) is 0 Å². The number of halogens is 1. The molecule has 0 aliphatic rings. The molecule has 0 bridgehead atoms. The standard InChI is InChI=1S/C12H10ClN3OS/c1-7-2-3-8(17-7)6-14-11-9(13)4-5-10-12(11)16-18-15-10/h2-5,14H,6H2,1H3. The third kappa shape index (κ3) is 2.07. The Labute approximate surface area is 113 Å². The molecule has 0 atom stereocenters. The summed E-state index contributed by atoms with van der Waals surface area (Å²) in [5.41, 5.74) is 2.45. The summed E-state index contributed by atoms with van der Waals surface area (Å²) < 4.78 is 13.9. The van der Waals surface area contributed by atoms with Crippen molar-refractivity contribution < 1.29 is 4.42 Å². The molecule has 1 aromatic carbocycles. The number of fused-ring (bicyclic) bond motifs is 1. The fraction of sp³-hybridized carbons (Fsp3) is 0.167. The van der Waals surface area contributed by atoms with Crippen LogP contribution in [-0.4, -0.2) is 8.75 Å². The van der Waals surface area contributed by atoms with Crippen LogP contribution in [-0.2, 0) is 6.54 Å². The summed E-state index contributed by atoms with van der Waals surface area (Å²) >= 11 is 7.35. The van der Waals surface area contributed by atoms with Crippen molar-refractivity contribution in [3.63, 3.8) is 0 Å². The molecule has 92 valence electrons. The van der Waals surface area contributed by atoms with E-state index >= 15 is 0 Å². The molecular weight excluding hydrogens is 270 g/mol. The highest BCUT2D eigenvalue weighted by Gasteiger charge is 2.10. The highest BCUT2D eigenvalue weighted by atomic mass is 35.5. The zero-order valence-electron chi connectivity index (χ0n) is 9.61. The molecule has 18 heavy (non-hydrogen) atoms. The minimum Gasteiger partial charge on any atom is -0.465 e. The average Bonchev–Trinajstić information content (AvgIpc) is 2.96. The lowest BCUT2D eigenvalue weighted by Gasteiger charge is -2.06. The first-order chi connectivity index (χ1) is 8.74. The maximum atomic E-state index is 6.18. The van der Waals surface area contributed by atoms with Crippen LogP contribution in [0.5, 0.6) is 0 Å². The summed E-state index contributed by atoms with van der Waals surface area (Å²) in [6, 6.07) is 7.56. The van der Waals surface area contributed by atoms with E-state index < -0.39 is 0 Å². The van der Waals surface area contributed by atoms with Crippen LogP contribution in [0.2, 0.25) is 5.02 Å². The monoisotopic (exact) mass is 279 g/mol. The van der Waals surface area contributed by atoms with Gasteiger partial charge in [0.1, 0.15) is 22.6 Å². The number of nitrogens with one attached hydrogen (secondary N) is 1. The highest BCUT2D eigenvalue weighted by molar-refractivity contribution is 7.00. The van der Waals surface area contributed by atoms with Crippen molar-refractivity contribution in [2.45, 2.75) is 13.5 Å². The first kappa shape index (κ1) is 11.5. The van der Waals surface area contributed by atoms with E-state index in [9.17, 15) is 0 Å². The number of hydrogen-bond acceptors (Lipinski definition) is 5. The minimum absolute atomic E-state index is 0.574. The number of rotatable bonds is 3. The van der Waals surface area contributed by atoms with Crippen LogP contribution in [0.25, 0.3) is 11.0 Å². The Balaban J connectivity index is 1.89. The lowest BCUT2D eigenvalue weighted by molar-refractivity contribution is 0.490. The van der Waals surface area contributed by atoms with Crippen LogP contribution < -0.4 is 5.32 Å². The predicted molar refractivity (Wildman–Crippen MR) is 73.2 cm³/mol. The molecule has 4 nitrogen and oxygen atoms in total. The third-order valence-corrected chi connectivity index (χ3v) is 3.47. The van der Waals surface area contributed by atoms with E-state index in [2.05, 4.69) is 14.1 Å². The summed E-state index contributed by atoms with van der Waals surface area (Å²) in [6.07, 6.45) is 0. The van der Waals surface area contributed by atoms with Crippen molar-refractivity contribution in [2.24, 2.45) is 0 Å². The van der Waals surface area contributed by atoms with Crippen LogP contribution in [0.4, 0.5) is 5.69 Å². The molecule has 3 rings (SSSR count). The van der Waals surface area contributed by atoms with Gasteiger partial charge in [0.25, 0.3) is 0 Å². The van der Waals surface area contributed by atoms with Crippen molar-refractivity contribution >= 4 is 40.0 Å². The number of hydrogen-bond donors (Lipinski definition) is 1. The topological polar surface area (TPSA) is 51.0 Å². The summed E-state index contributed by atoms with van der Waals surface area (Å²) in [5, 5.41) is 3.89. The summed E-state index contributed by atoms with van der Waals surface area (Å²) in [5.74, 6) is 1.76. The van der Waals surface area contributed by atoms with E-state index in [0.717, 1.165) is 28.2 Å². The van der Waals surface area contributed by atoms with Gasteiger partial charge in [-0.3, -0.25) is 0 Å². The molecule has 0 saturated heterocycles. The van der Waals surface area contributed by atoms with E-state index in [-0.39, 0.29) is 0 Å². The SMILES string of the molecule is Cc1ccc(CNc2c(Cl)ccc3nsnc23)o1. The average molecular weight is 280 g/mol. The van der Waals surface area contributed by atoms with E-state index in [4.69, 9.17) is 16.0 Å². The zero-order valence-corrected chi connectivity index (χ0v) is 11.2. The third-order valence-electron chi connectivity index (χ3n) is 2.61. The Morgan fingerprint density at radius 1 is 1.28 bits per heavy atom. The van der Waals surface area contributed by atoms with E-state index in [1.165, 1.54) is 11.7 Å². The first-order valence-electron chi connectivity index (χ1n) is 5.44. The molecule has 0 fully saturated rings. The van der Waals surface area contributed by atoms with Crippen LogP contribution in [0.15, 0.2) is 28.7 Å². The summed E-state index contributed by atoms with van der Waals surface area (Å²) in [7, 11) is 0.